The van der Waals surface area contributed by atoms with E-state index in [4.69, 9.17) is 14.2 Å². The molecule has 5 rings (SSSR count). The number of amides is 3. The molecule has 2 aliphatic heterocycles. The summed E-state index contributed by atoms with van der Waals surface area (Å²) in [7, 11) is 3.48. The number of likely N-dealkylation sites (N-methyl/N-ethyl adjacent to an activating group) is 1. The van der Waals surface area contributed by atoms with Crippen LogP contribution in [0.1, 0.15) is 63.1 Å². The fourth-order valence-corrected chi connectivity index (χ4v) is 6.98. The molecule has 2 aliphatic rings. The minimum atomic E-state index is -0.716. The second-order valence-corrected chi connectivity index (χ2v) is 14.2. The zero-order valence-corrected chi connectivity index (χ0v) is 29.4. The van der Waals surface area contributed by atoms with Crippen molar-refractivity contribution < 1.29 is 28.6 Å². The SMILES string of the molecule is COCCCCC1(CNC(=O)[C@H]2C[C@@H](C(=O)N(C)CCc3ccncc3)CN(C(=O)OC(C)(C)C)C2)c2ccccc2Oc2ccccc21. The number of benzene rings is 2. The van der Waals surface area contributed by atoms with Gasteiger partial charge in [-0.05, 0) is 82.7 Å². The summed E-state index contributed by atoms with van der Waals surface area (Å²) in [5.74, 6) is 0.116. The Kier molecular flexibility index (Phi) is 11.6. The number of nitrogens with one attached hydrogen (secondary N) is 1. The van der Waals surface area contributed by atoms with Crippen LogP contribution in [0.2, 0.25) is 0 Å². The molecule has 0 radical (unpaired) electrons. The largest absolute Gasteiger partial charge is 0.457 e. The number of carbonyl (C=O) groups excluding carboxylic acids is 3. The van der Waals surface area contributed by atoms with Gasteiger partial charge in [-0.15, -0.1) is 0 Å². The van der Waals surface area contributed by atoms with Gasteiger partial charge < -0.3 is 29.3 Å². The van der Waals surface area contributed by atoms with E-state index in [9.17, 15) is 14.4 Å². The first-order valence-electron chi connectivity index (χ1n) is 17.3. The lowest BCUT2D eigenvalue weighted by Gasteiger charge is -2.42. The van der Waals surface area contributed by atoms with Crippen molar-refractivity contribution in [2.45, 2.75) is 63.9 Å². The van der Waals surface area contributed by atoms with E-state index >= 15 is 0 Å². The predicted molar refractivity (Wildman–Crippen MR) is 187 cm³/mol. The Morgan fingerprint density at radius 2 is 1.59 bits per heavy atom. The third-order valence-corrected chi connectivity index (χ3v) is 9.48. The molecule has 3 amide bonds. The summed E-state index contributed by atoms with van der Waals surface area (Å²) in [6, 6.07) is 19.9. The zero-order chi connectivity index (χ0) is 35.0. The normalized spacial score (nSPS) is 18.0. The fraction of sp³-hybridized carbons (Fsp3) is 0.487. The zero-order valence-electron chi connectivity index (χ0n) is 29.4. The van der Waals surface area contributed by atoms with Crippen molar-refractivity contribution in [2.75, 3.05) is 46.9 Å². The van der Waals surface area contributed by atoms with Gasteiger partial charge in [0.15, 0.2) is 0 Å². The number of likely N-dealkylation sites (tertiary alicyclic amines) is 1. The Balaban J connectivity index is 1.38. The standard InChI is InChI=1S/C39H50N4O6/c1-38(2,3)49-37(46)43-25-29(24-30(26-43)36(45)42(4)22-18-28-16-20-40-21-17-28)35(44)41-27-39(19-10-11-23-47-5)31-12-6-8-14-33(31)48-34-15-9-7-13-32(34)39/h6-9,12-17,20-21,29-30H,10-11,18-19,22-27H2,1-5H3,(H,41,44)/t29-,30+/m0/s1. The van der Waals surface area contributed by atoms with Crippen molar-refractivity contribution in [1.29, 1.82) is 0 Å². The summed E-state index contributed by atoms with van der Waals surface area (Å²) in [4.78, 5) is 48.7. The topological polar surface area (TPSA) is 110 Å². The predicted octanol–water partition coefficient (Wildman–Crippen LogP) is 5.98. The first kappa shape index (κ1) is 35.9. The van der Waals surface area contributed by atoms with Gasteiger partial charge in [0, 0.05) is 75.9 Å². The van der Waals surface area contributed by atoms with E-state index < -0.39 is 28.9 Å². The minimum absolute atomic E-state index is 0.0954. The fourth-order valence-electron chi connectivity index (χ4n) is 6.98. The first-order chi connectivity index (χ1) is 23.5. The number of pyridine rings is 1. The first-order valence-corrected chi connectivity index (χ1v) is 17.3. The van der Waals surface area contributed by atoms with Crippen LogP contribution in [0.15, 0.2) is 73.1 Å². The molecular weight excluding hydrogens is 620 g/mol. The summed E-state index contributed by atoms with van der Waals surface area (Å²) >= 11 is 0. The number of methoxy groups -OCH3 is 1. The number of aromatic nitrogens is 1. The molecular formula is C39H50N4O6. The molecule has 3 aromatic rings. The number of para-hydroxylation sites is 2. The van der Waals surface area contributed by atoms with Crippen LogP contribution < -0.4 is 10.1 Å². The molecule has 1 saturated heterocycles. The molecule has 10 heteroatoms. The number of hydrogen-bond donors (Lipinski definition) is 1. The molecule has 1 aromatic heterocycles. The number of hydrogen-bond acceptors (Lipinski definition) is 7. The Labute approximate surface area is 290 Å². The van der Waals surface area contributed by atoms with E-state index in [-0.39, 0.29) is 24.9 Å². The summed E-state index contributed by atoms with van der Waals surface area (Å²) in [6.45, 7) is 7.29. The van der Waals surface area contributed by atoms with Crippen LogP contribution in [0.4, 0.5) is 4.79 Å². The van der Waals surface area contributed by atoms with Crippen LogP contribution in [0.5, 0.6) is 11.5 Å². The van der Waals surface area contributed by atoms with Gasteiger partial charge in [0.05, 0.1) is 11.8 Å². The van der Waals surface area contributed by atoms with Crippen LogP contribution in [0.25, 0.3) is 0 Å². The molecule has 0 bridgehead atoms. The molecule has 2 atom stereocenters. The van der Waals surface area contributed by atoms with Crippen molar-refractivity contribution in [3.63, 3.8) is 0 Å². The van der Waals surface area contributed by atoms with Crippen molar-refractivity contribution >= 4 is 17.9 Å². The minimum Gasteiger partial charge on any atom is -0.457 e. The number of carbonyl (C=O) groups is 3. The van der Waals surface area contributed by atoms with E-state index in [1.54, 1.807) is 31.5 Å². The van der Waals surface area contributed by atoms with Crippen molar-refractivity contribution in [2.24, 2.45) is 11.8 Å². The van der Waals surface area contributed by atoms with Gasteiger partial charge in [-0.2, -0.15) is 0 Å². The number of fused-ring (bicyclic) bond motifs is 2. The second kappa shape index (κ2) is 15.8. The average Bonchev–Trinajstić information content (AvgIpc) is 3.10. The number of piperidine rings is 1. The Hall–Kier alpha value is -4.44. The highest BCUT2D eigenvalue weighted by atomic mass is 16.6. The van der Waals surface area contributed by atoms with Gasteiger partial charge in [-0.3, -0.25) is 14.6 Å². The summed E-state index contributed by atoms with van der Waals surface area (Å²) < 4.78 is 17.4. The van der Waals surface area contributed by atoms with Crippen LogP contribution in [-0.2, 0) is 30.9 Å². The van der Waals surface area contributed by atoms with Crippen molar-refractivity contribution in [1.82, 2.24) is 20.1 Å². The molecule has 49 heavy (non-hydrogen) atoms. The van der Waals surface area contributed by atoms with E-state index in [0.717, 1.165) is 47.5 Å². The molecule has 1 fully saturated rings. The van der Waals surface area contributed by atoms with Crippen molar-refractivity contribution in [3.05, 3.63) is 89.7 Å². The third-order valence-electron chi connectivity index (χ3n) is 9.48. The third kappa shape index (κ3) is 8.78. The van der Waals surface area contributed by atoms with Gasteiger partial charge in [0.2, 0.25) is 11.8 Å². The smallest absolute Gasteiger partial charge is 0.410 e. The lowest BCUT2D eigenvalue weighted by Crippen LogP contribution is -2.54. The Morgan fingerprint density at radius 1 is 0.959 bits per heavy atom. The lowest BCUT2D eigenvalue weighted by molar-refractivity contribution is -0.138. The van der Waals surface area contributed by atoms with Gasteiger partial charge in [-0.25, -0.2) is 4.79 Å². The van der Waals surface area contributed by atoms with E-state index in [1.165, 1.54) is 4.90 Å². The molecule has 0 spiro atoms. The Bertz CT molecular complexity index is 1540. The van der Waals surface area contributed by atoms with Crippen molar-refractivity contribution in [3.8, 4) is 11.5 Å². The van der Waals surface area contributed by atoms with Gasteiger partial charge >= 0.3 is 6.09 Å². The molecule has 0 aliphatic carbocycles. The van der Waals surface area contributed by atoms with Gasteiger partial charge in [0.1, 0.15) is 17.1 Å². The number of ether oxygens (including phenoxy) is 3. The van der Waals surface area contributed by atoms with Crippen LogP contribution >= 0.6 is 0 Å². The molecule has 2 aromatic carbocycles. The van der Waals surface area contributed by atoms with Crippen LogP contribution in [-0.4, -0.2) is 85.2 Å². The molecule has 262 valence electrons. The highest BCUT2D eigenvalue weighted by Crippen LogP contribution is 2.50. The monoisotopic (exact) mass is 670 g/mol. The molecule has 3 heterocycles. The second-order valence-electron chi connectivity index (χ2n) is 14.2. The highest BCUT2D eigenvalue weighted by molar-refractivity contribution is 5.84. The summed E-state index contributed by atoms with van der Waals surface area (Å²) in [5, 5.41) is 3.29. The van der Waals surface area contributed by atoms with E-state index in [0.29, 0.717) is 32.5 Å². The van der Waals surface area contributed by atoms with Gasteiger partial charge in [0.25, 0.3) is 0 Å². The number of rotatable bonds is 12. The quantitative estimate of drug-likeness (QED) is 0.236. The van der Waals surface area contributed by atoms with Crippen LogP contribution in [0, 0.1) is 11.8 Å². The molecule has 0 saturated carbocycles. The van der Waals surface area contributed by atoms with E-state index in [2.05, 4.69) is 22.4 Å². The average molecular weight is 671 g/mol. The maximum absolute atomic E-state index is 14.2. The van der Waals surface area contributed by atoms with E-state index in [1.807, 2.05) is 69.3 Å². The molecule has 0 unspecified atom stereocenters. The van der Waals surface area contributed by atoms with Crippen LogP contribution in [0.3, 0.4) is 0 Å². The van der Waals surface area contributed by atoms with Gasteiger partial charge in [-0.1, -0.05) is 36.4 Å². The highest BCUT2D eigenvalue weighted by Gasteiger charge is 2.44. The number of unbranched alkanes of at least 4 members (excludes halogenated alkanes) is 1. The Morgan fingerprint density at radius 3 is 2.22 bits per heavy atom. The maximum atomic E-state index is 14.2. The number of nitrogens with zero attached hydrogens (tertiary/aromatic N) is 3. The summed E-state index contributed by atoms with van der Waals surface area (Å²) in [6.07, 6.45) is 6.49. The molecule has 1 N–H and O–H groups in total. The molecule has 10 nitrogen and oxygen atoms in total. The maximum Gasteiger partial charge on any atom is 0.410 e. The summed E-state index contributed by atoms with van der Waals surface area (Å²) in [5.41, 5.74) is 1.87. The lowest BCUT2D eigenvalue weighted by atomic mass is 9.69.